The van der Waals surface area contributed by atoms with E-state index in [0.29, 0.717) is 6.04 Å². The van der Waals surface area contributed by atoms with Crippen LogP contribution in [0.5, 0.6) is 0 Å². The molecule has 0 saturated carbocycles. The Morgan fingerprint density at radius 1 is 1.16 bits per heavy atom. The molecule has 0 unspecified atom stereocenters. The number of hydrogen-bond acceptors (Lipinski definition) is 1. The third-order valence-corrected chi connectivity index (χ3v) is 3.75. The minimum atomic E-state index is 0.407. The summed E-state index contributed by atoms with van der Waals surface area (Å²) < 4.78 is 5.33. The summed E-state index contributed by atoms with van der Waals surface area (Å²) in [4.78, 5) is 0. The van der Waals surface area contributed by atoms with Crippen LogP contribution in [-0.2, 0) is 6.54 Å². The zero-order valence-corrected chi connectivity index (χ0v) is 12.6. The molecule has 0 bridgehead atoms. The summed E-state index contributed by atoms with van der Waals surface area (Å²) in [6.07, 6.45) is 4.16. The molecule has 0 radical (unpaired) electrons. The van der Waals surface area contributed by atoms with Crippen molar-refractivity contribution in [1.82, 2.24) is 14.3 Å². The van der Waals surface area contributed by atoms with Gasteiger partial charge in [-0.3, -0.25) is 4.68 Å². The Morgan fingerprint density at radius 2 is 2.00 bits per heavy atom. The van der Waals surface area contributed by atoms with Crippen LogP contribution in [0.15, 0.2) is 47.2 Å². The third-order valence-electron chi connectivity index (χ3n) is 3.26. The molecular weight excluding hydrogens is 302 g/mol. The van der Waals surface area contributed by atoms with Gasteiger partial charge in [-0.25, -0.2) is 0 Å². The lowest BCUT2D eigenvalue weighted by Gasteiger charge is -2.05. The van der Waals surface area contributed by atoms with Gasteiger partial charge in [0.25, 0.3) is 0 Å². The van der Waals surface area contributed by atoms with Gasteiger partial charge in [0.1, 0.15) is 0 Å². The lowest BCUT2D eigenvalue weighted by atomic mass is 10.2. The molecule has 0 N–H and O–H groups in total. The van der Waals surface area contributed by atoms with Crippen molar-refractivity contribution >= 4 is 26.8 Å². The molecule has 19 heavy (non-hydrogen) atoms. The predicted molar refractivity (Wildman–Crippen MR) is 81.4 cm³/mol. The first-order valence-corrected chi connectivity index (χ1v) is 7.21. The highest BCUT2D eigenvalue weighted by atomic mass is 79.9. The molecule has 0 aliphatic carbocycles. The van der Waals surface area contributed by atoms with Crippen LogP contribution in [0.25, 0.3) is 10.9 Å². The maximum Gasteiger partial charge on any atom is 0.0821 e. The van der Waals surface area contributed by atoms with Gasteiger partial charge in [0.2, 0.25) is 0 Å². The highest BCUT2D eigenvalue weighted by Gasteiger charge is 2.06. The van der Waals surface area contributed by atoms with E-state index in [-0.39, 0.29) is 0 Å². The van der Waals surface area contributed by atoms with Crippen LogP contribution in [-0.4, -0.2) is 14.3 Å². The lowest BCUT2D eigenvalue weighted by molar-refractivity contribution is 0.524. The molecular formula is C15H16BrN3. The zero-order chi connectivity index (χ0) is 13.4. The minimum Gasteiger partial charge on any atom is -0.341 e. The molecule has 2 heterocycles. The van der Waals surface area contributed by atoms with E-state index in [0.717, 1.165) is 16.7 Å². The molecule has 0 spiro atoms. The average Bonchev–Trinajstić information content (AvgIpc) is 2.98. The summed E-state index contributed by atoms with van der Waals surface area (Å²) in [5, 5.41) is 5.85. The SMILES string of the molecule is CC(C)n1ccc(Cn2ccc3ccc(Br)cc32)n1. The van der Waals surface area contributed by atoms with Gasteiger partial charge >= 0.3 is 0 Å². The molecule has 3 rings (SSSR count). The molecule has 0 fully saturated rings. The quantitative estimate of drug-likeness (QED) is 0.708. The van der Waals surface area contributed by atoms with Crippen LogP contribution < -0.4 is 0 Å². The van der Waals surface area contributed by atoms with E-state index in [1.807, 2.05) is 10.9 Å². The first-order chi connectivity index (χ1) is 9.13. The first kappa shape index (κ1) is 12.5. The van der Waals surface area contributed by atoms with Crippen molar-refractivity contribution in [1.29, 1.82) is 0 Å². The standard InChI is InChI=1S/C15H16BrN3/c1-11(2)19-8-6-14(17-19)10-18-7-5-12-3-4-13(16)9-15(12)18/h3-9,11H,10H2,1-2H3. The second-order valence-corrected chi connectivity index (χ2v) is 5.94. The van der Waals surface area contributed by atoms with Crippen LogP contribution in [0.2, 0.25) is 0 Å². The highest BCUT2D eigenvalue weighted by molar-refractivity contribution is 9.10. The van der Waals surface area contributed by atoms with Crippen molar-refractivity contribution in [2.45, 2.75) is 26.4 Å². The van der Waals surface area contributed by atoms with Crippen molar-refractivity contribution in [3.8, 4) is 0 Å². The molecule has 3 aromatic rings. The highest BCUT2D eigenvalue weighted by Crippen LogP contribution is 2.21. The zero-order valence-electron chi connectivity index (χ0n) is 11.0. The summed E-state index contributed by atoms with van der Waals surface area (Å²) in [6.45, 7) is 5.08. The Labute approximate surface area is 121 Å². The van der Waals surface area contributed by atoms with Gasteiger partial charge in [-0.05, 0) is 43.5 Å². The summed E-state index contributed by atoms with van der Waals surface area (Å²) in [6, 6.07) is 11.0. The number of hydrogen-bond donors (Lipinski definition) is 0. The second kappa shape index (κ2) is 4.85. The van der Waals surface area contributed by atoms with E-state index in [1.165, 1.54) is 10.9 Å². The number of fused-ring (bicyclic) bond motifs is 1. The molecule has 0 atom stereocenters. The Hall–Kier alpha value is -1.55. The molecule has 2 aromatic heterocycles. The Kier molecular flexibility index (Phi) is 3.19. The number of rotatable bonds is 3. The van der Waals surface area contributed by atoms with E-state index < -0.39 is 0 Å². The molecule has 1 aromatic carbocycles. The average molecular weight is 318 g/mol. The van der Waals surface area contributed by atoms with Gasteiger partial charge in [0, 0.05) is 28.4 Å². The van der Waals surface area contributed by atoms with E-state index in [1.54, 1.807) is 0 Å². The van der Waals surface area contributed by atoms with Gasteiger partial charge in [-0.1, -0.05) is 22.0 Å². The topological polar surface area (TPSA) is 22.8 Å². The molecule has 3 nitrogen and oxygen atoms in total. The molecule has 4 heteroatoms. The van der Waals surface area contributed by atoms with Crippen molar-refractivity contribution in [3.63, 3.8) is 0 Å². The van der Waals surface area contributed by atoms with Gasteiger partial charge in [0.05, 0.1) is 12.2 Å². The molecule has 0 saturated heterocycles. The van der Waals surface area contributed by atoms with Gasteiger partial charge in [0.15, 0.2) is 0 Å². The van der Waals surface area contributed by atoms with Crippen molar-refractivity contribution < 1.29 is 0 Å². The Balaban J connectivity index is 1.94. The van der Waals surface area contributed by atoms with Crippen LogP contribution in [0, 0.1) is 0 Å². The van der Waals surface area contributed by atoms with Gasteiger partial charge in [-0.15, -0.1) is 0 Å². The van der Waals surface area contributed by atoms with Crippen LogP contribution in [0.1, 0.15) is 25.6 Å². The second-order valence-electron chi connectivity index (χ2n) is 5.03. The van der Waals surface area contributed by atoms with E-state index in [2.05, 4.69) is 76.0 Å². The molecule has 0 aliphatic heterocycles. The fourth-order valence-corrected chi connectivity index (χ4v) is 2.57. The monoisotopic (exact) mass is 317 g/mol. The summed E-state index contributed by atoms with van der Waals surface area (Å²) in [5.74, 6) is 0. The first-order valence-electron chi connectivity index (χ1n) is 6.42. The number of aromatic nitrogens is 3. The summed E-state index contributed by atoms with van der Waals surface area (Å²) in [5.41, 5.74) is 2.32. The number of benzene rings is 1. The predicted octanol–water partition coefficient (Wildman–Crippen LogP) is 4.23. The van der Waals surface area contributed by atoms with E-state index in [9.17, 15) is 0 Å². The fourth-order valence-electron chi connectivity index (χ4n) is 2.22. The molecule has 0 amide bonds. The van der Waals surface area contributed by atoms with Crippen LogP contribution in [0.4, 0.5) is 0 Å². The van der Waals surface area contributed by atoms with E-state index in [4.69, 9.17) is 0 Å². The summed E-state index contributed by atoms with van der Waals surface area (Å²) in [7, 11) is 0. The largest absolute Gasteiger partial charge is 0.341 e. The lowest BCUT2D eigenvalue weighted by Crippen LogP contribution is -2.04. The summed E-state index contributed by atoms with van der Waals surface area (Å²) >= 11 is 3.53. The maximum atomic E-state index is 4.60. The smallest absolute Gasteiger partial charge is 0.0821 e. The van der Waals surface area contributed by atoms with Crippen LogP contribution >= 0.6 is 15.9 Å². The van der Waals surface area contributed by atoms with Crippen molar-refractivity contribution in [3.05, 3.63) is 52.9 Å². The minimum absolute atomic E-state index is 0.407. The van der Waals surface area contributed by atoms with Crippen molar-refractivity contribution in [2.24, 2.45) is 0 Å². The van der Waals surface area contributed by atoms with Gasteiger partial charge in [-0.2, -0.15) is 5.10 Å². The molecule has 0 aliphatic rings. The van der Waals surface area contributed by atoms with Crippen LogP contribution in [0.3, 0.4) is 0 Å². The number of nitrogens with zero attached hydrogens (tertiary/aromatic N) is 3. The van der Waals surface area contributed by atoms with Gasteiger partial charge < -0.3 is 4.57 Å². The third kappa shape index (κ3) is 2.45. The maximum absolute atomic E-state index is 4.60. The Morgan fingerprint density at radius 3 is 2.74 bits per heavy atom. The number of halogens is 1. The van der Waals surface area contributed by atoms with E-state index >= 15 is 0 Å². The van der Waals surface area contributed by atoms with Crippen molar-refractivity contribution in [2.75, 3.05) is 0 Å². The molecule has 98 valence electrons. The normalized spacial score (nSPS) is 11.6. The Bertz CT molecular complexity index is 709. The fraction of sp³-hybridized carbons (Fsp3) is 0.267.